The number of likely N-dealkylation sites (tertiary alicyclic amines) is 1. The van der Waals surface area contributed by atoms with Gasteiger partial charge in [0.05, 0.1) is 6.33 Å². The van der Waals surface area contributed by atoms with Gasteiger partial charge in [-0.05, 0) is 43.9 Å². The maximum atomic E-state index is 12.9. The van der Waals surface area contributed by atoms with Crippen LogP contribution in [0.4, 0.5) is 0 Å². The molecule has 0 N–H and O–H groups in total. The van der Waals surface area contributed by atoms with Crippen molar-refractivity contribution in [2.75, 3.05) is 18.8 Å². The van der Waals surface area contributed by atoms with Crippen LogP contribution in [0.2, 0.25) is 0 Å². The molecule has 1 aliphatic rings. The lowest BCUT2D eigenvalue weighted by Gasteiger charge is -2.32. The Morgan fingerprint density at radius 3 is 3.12 bits per heavy atom. The maximum absolute atomic E-state index is 12.9. The summed E-state index contributed by atoms with van der Waals surface area (Å²) in [4.78, 5) is 19.0. The minimum atomic E-state index is 0.0354. The largest absolute Gasteiger partial charge is 0.456 e. The Hall–Kier alpha value is -1.69. The number of aromatic nitrogens is 2. The zero-order valence-electron chi connectivity index (χ0n) is 15.8. The van der Waals surface area contributed by atoms with Gasteiger partial charge < -0.3 is 13.9 Å². The number of amides is 1. The topological polar surface area (TPSA) is 51.3 Å². The Bertz CT molecular complexity index is 696. The highest BCUT2D eigenvalue weighted by Gasteiger charge is 2.27. The van der Waals surface area contributed by atoms with Crippen molar-refractivity contribution < 1.29 is 9.21 Å². The predicted octanol–water partition coefficient (Wildman–Crippen LogP) is 4.37. The third-order valence-electron chi connectivity index (χ3n) is 4.97. The number of thioether (sulfide) groups is 1. The van der Waals surface area contributed by atoms with Crippen molar-refractivity contribution in [1.29, 1.82) is 0 Å². The van der Waals surface area contributed by atoms with E-state index in [1.165, 1.54) is 12.8 Å². The van der Waals surface area contributed by atoms with E-state index in [0.29, 0.717) is 11.7 Å². The summed E-state index contributed by atoms with van der Waals surface area (Å²) in [5.41, 5.74) is 1.15. The number of imidazole rings is 1. The fraction of sp³-hybridized carbons (Fsp3) is 0.600. The molecule has 0 spiro atoms. The third-order valence-corrected chi connectivity index (χ3v) is 6.06. The highest BCUT2D eigenvalue weighted by atomic mass is 32.2. The number of piperidine rings is 1. The summed E-state index contributed by atoms with van der Waals surface area (Å²) in [5, 5.41) is 0. The Morgan fingerprint density at radius 2 is 2.35 bits per heavy atom. The number of aryl methyl sites for hydroxylation is 1. The van der Waals surface area contributed by atoms with Crippen molar-refractivity contribution in [3.63, 3.8) is 0 Å². The summed E-state index contributed by atoms with van der Waals surface area (Å²) in [6, 6.07) is 1.95. The number of nitrogens with zero attached hydrogens (tertiary/aromatic N) is 3. The van der Waals surface area contributed by atoms with Crippen molar-refractivity contribution in [1.82, 2.24) is 14.5 Å². The number of hydrogen-bond acceptors (Lipinski definition) is 4. The van der Waals surface area contributed by atoms with Crippen LogP contribution in [-0.2, 0) is 12.3 Å². The first kappa shape index (κ1) is 19.1. The van der Waals surface area contributed by atoms with Crippen molar-refractivity contribution >= 4 is 17.7 Å². The lowest BCUT2D eigenvalue weighted by atomic mass is 9.97. The molecule has 6 heteroatoms. The molecule has 2 aromatic heterocycles. The second kappa shape index (κ2) is 9.31. The minimum absolute atomic E-state index is 0.0354. The van der Waals surface area contributed by atoms with Crippen molar-refractivity contribution in [3.8, 4) is 0 Å². The lowest BCUT2D eigenvalue weighted by molar-refractivity contribution is 0.0629. The molecule has 1 atom stereocenters. The summed E-state index contributed by atoms with van der Waals surface area (Å²) < 4.78 is 7.91. The van der Waals surface area contributed by atoms with E-state index in [1.807, 2.05) is 42.2 Å². The zero-order chi connectivity index (χ0) is 18.4. The van der Waals surface area contributed by atoms with Crippen molar-refractivity contribution in [2.45, 2.75) is 51.8 Å². The first-order chi connectivity index (χ1) is 12.7. The molecule has 0 aliphatic carbocycles. The first-order valence-electron chi connectivity index (χ1n) is 9.59. The number of rotatable bonds is 8. The molecule has 26 heavy (non-hydrogen) atoms. The molecule has 1 amide bonds. The van der Waals surface area contributed by atoms with Crippen molar-refractivity contribution in [3.05, 3.63) is 41.9 Å². The molecule has 1 fully saturated rings. The molecule has 0 saturated carbocycles. The van der Waals surface area contributed by atoms with Gasteiger partial charge in [-0.1, -0.05) is 13.3 Å². The Morgan fingerprint density at radius 1 is 1.46 bits per heavy atom. The molecule has 0 aromatic carbocycles. The molecule has 0 bridgehead atoms. The second-order valence-corrected chi connectivity index (χ2v) is 8.22. The molecule has 0 radical (unpaired) electrons. The van der Waals surface area contributed by atoms with Crippen LogP contribution in [-0.4, -0.2) is 39.2 Å². The molecule has 3 rings (SSSR count). The second-order valence-electron chi connectivity index (χ2n) is 7.12. The number of carbonyl (C=O) groups excluding carboxylic acids is 1. The van der Waals surface area contributed by atoms with E-state index in [-0.39, 0.29) is 5.91 Å². The zero-order valence-corrected chi connectivity index (χ0v) is 16.6. The van der Waals surface area contributed by atoms with Gasteiger partial charge >= 0.3 is 0 Å². The summed E-state index contributed by atoms with van der Waals surface area (Å²) in [6.07, 6.45) is 10.3. The fourth-order valence-electron chi connectivity index (χ4n) is 3.44. The average molecular weight is 376 g/mol. The minimum Gasteiger partial charge on any atom is -0.456 e. The maximum Gasteiger partial charge on any atom is 0.289 e. The molecular weight excluding hydrogens is 346 g/mol. The van der Waals surface area contributed by atoms with E-state index < -0.39 is 0 Å². The van der Waals surface area contributed by atoms with E-state index in [1.54, 1.807) is 6.20 Å². The molecule has 3 heterocycles. The molecule has 1 saturated heterocycles. The summed E-state index contributed by atoms with van der Waals surface area (Å²) in [6.45, 7) is 6.70. The monoisotopic (exact) mass is 375 g/mol. The van der Waals surface area contributed by atoms with E-state index in [0.717, 1.165) is 55.3 Å². The van der Waals surface area contributed by atoms with E-state index in [2.05, 4.69) is 16.5 Å². The number of furan rings is 1. The van der Waals surface area contributed by atoms with Crippen LogP contribution < -0.4 is 0 Å². The summed E-state index contributed by atoms with van der Waals surface area (Å²) in [5.74, 6) is 3.97. The quantitative estimate of drug-likeness (QED) is 0.643. The number of carbonyl (C=O) groups is 1. The fourth-order valence-corrected chi connectivity index (χ4v) is 4.59. The van der Waals surface area contributed by atoms with Crippen LogP contribution in [0, 0.1) is 12.8 Å². The average Bonchev–Trinajstić information content (AvgIpc) is 3.28. The van der Waals surface area contributed by atoms with Crippen LogP contribution in [0.3, 0.4) is 0 Å². The molecule has 2 aromatic rings. The molecule has 142 valence electrons. The van der Waals surface area contributed by atoms with Crippen LogP contribution in [0.25, 0.3) is 0 Å². The molecular formula is C20H29N3O2S. The lowest BCUT2D eigenvalue weighted by Crippen LogP contribution is -2.40. The van der Waals surface area contributed by atoms with Crippen LogP contribution in [0.1, 0.15) is 54.5 Å². The Labute approximate surface area is 160 Å². The SMILES string of the molecule is CCCCSCc1cc(C(=O)N2CCCC(Cn3ccnc3)C2)oc1C. The van der Waals surface area contributed by atoms with Gasteiger partial charge in [0.1, 0.15) is 5.76 Å². The van der Waals surface area contributed by atoms with Gasteiger partial charge in [0.25, 0.3) is 5.91 Å². The van der Waals surface area contributed by atoms with Crippen LogP contribution in [0.15, 0.2) is 29.2 Å². The van der Waals surface area contributed by atoms with Gasteiger partial charge in [0.2, 0.25) is 0 Å². The third kappa shape index (κ3) is 4.93. The van der Waals surface area contributed by atoms with Gasteiger partial charge in [-0.2, -0.15) is 11.8 Å². The van der Waals surface area contributed by atoms with Crippen LogP contribution >= 0.6 is 11.8 Å². The smallest absolute Gasteiger partial charge is 0.289 e. The van der Waals surface area contributed by atoms with Gasteiger partial charge in [-0.15, -0.1) is 0 Å². The molecule has 1 unspecified atom stereocenters. The van der Waals surface area contributed by atoms with Gasteiger partial charge in [0.15, 0.2) is 5.76 Å². The van der Waals surface area contributed by atoms with Crippen LogP contribution in [0.5, 0.6) is 0 Å². The van der Waals surface area contributed by atoms with E-state index in [4.69, 9.17) is 4.42 Å². The summed E-state index contributed by atoms with van der Waals surface area (Å²) >= 11 is 1.91. The highest BCUT2D eigenvalue weighted by Crippen LogP contribution is 2.24. The normalized spacial score (nSPS) is 17.6. The predicted molar refractivity (Wildman–Crippen MR) is 105 cm³/mol. The first-order valence-corrected chi connectivity index (χ1v) is 10.7. The van der Waals surface area contributed by atoms with Gasteiger partial charge in [0, 0.05) is 43.3 Å². The standard InChI is InChI=1S/C20H29N3O2S/c1-3-4-10-26-14-18-11-19(25-16(18)2)20(24)23-8-5-6-17(13-23)12-22-9-7-21-15-22/h7,9,11,15,17H,3-6,8,10,12-14H2,1-2H3. The van der Waals surface area contributed by atoms with Gasteiger partial charge in [-0.25, -0.2) is 4.98 Å². The number of hydrogen-bond donors (Lipinski definition) is 0. The van der Waals surface area contributed by atoms with E-state index >= 15 is 0 Å². The highest BCUT2D eigenvalue weighted by molar-refractivity contribution is 7.98. The van der Waals surface area contributed by atoms with Crippen molar-refractivity contribution in [2.24, 2.45) is 5.92 Å². The van der Waals surface area contributed by atoms with Gasteiger partial charge in [-0.3, -0.25) is 4.79 Å². The Balaban J connectivity index is 1.57. The number of unbranched alkanes of at least 4 members (excludes halogenated alkanes) is 1. The molecule has 1 aliphatic heterocycles. The Kier molecular flexibility index (Phi) is 6.83. The summed E-state index contributed by atoms with van der Waals surface area (Å²) in [7, 11) is 0. The molecule has 5 nitrogen and oxygen atoms in total. The van der Waals surface area contributed by atoms with E-state index in [9.17, 15) is 4.79 Å².